The van der Waals surface area contributed by atoms with Crippen LogP contribution in [0.4, 0.5) is 0 Å². The standard InChI is InChI=1S/C57H39NO/c1-2-5-17-38(16-4-1)56-48-25-9-8-24-47(48)55(37-18-6-3-7-19-37)49-33-30-40(35-51(49)56)39-20-14-21-42(34-39)58-52-28-12-10-22-44(52)45-32-31-41(36-53(45)58)43-26-15-27-50-46-23-11-13-29-54(46)59-57(43)50/h1-14,16,18-26,28-36H,15,17,27H2. The lowest BCUT2D eigenvalue weighted by molar-refractivity contribution is 0.591. The van der Waals surface area contributed by atoms with E-state index in [2.05, 4.69) is 205 Å². The Morgan fingerprint density at radius 3 is 2.05 bits per heavy atom. The van der Waals surface area contributed by atoms with E-state index in [4.69, 9.17) is 4.42 Å². The van der Waals surface area contributed by atoms with Crippen LogP contribution < -0.4 is 0 Å². The maximum Gasteiger partial charge on any atom is 0.138 e. The van der Waals surface area contributed by atoms with Crippen LogP contribution >= 0.6 is 0 Å². The lowest BCUT2D eigenvalue weighted by Crippen LogP contribution is -1.99. The summed E-state index contributed by atoms with van der Waals surface area (Å²) in [6.07, 6.45) is 16.3. The molecule has 2 aliphatic rings. The third-order valence-corrected chi connectivity index (χ3v) is 12.5. The number of hydrogen-bond donors (Lipinski definition) is 0. The third kappa shape index (κ3) is 5.41. The lowest BCUT2D eigenvalue weighted by Gasteiger charge is -2.20. The van der Waals surface area contributed by atoms with Gasteiger partial charge >= 0.3 is 0 Å². The van der Waals surface area contributed by atoms with Crippen molar-refractivity contribution in [2.24, 2.45) is 0 Å². The average Bonchev–Trinajstić information content (AvgIpc) is 3.71. The summed E-state index contributed by atoms with van der Waals surface area (Å²) in [4.78, 5) is 0. The molecule has 0 atom stereocenters. The van der Waals surface area contributed by atoms with Gasteiger partial charge in [0.15, 0.2) is 0 Å². The van der Waals surface area contributed by atoms with Crippen molar-refractivity contribution in [3.05, 3.63) is 223 Å². The van der Waals surface area contributed by atoms with Gasteiger partial charge in [-0.1, -0.05) is 164 Å². The molecule has 0 aliphatic heterocycles. The van der Waals surface area contributed by atoms with Crippen molar-refractivity contribution in [1.29, 1.82) is 0 Å². The highest BCUT2D eigenvalue weighted by Crippen LogP contribution is 2.45. The summed E-state index contributed by atoms with van der Waals surface area (Å²) in [5.74, 6) is 1.01. The first-order valence-electron chi connectivity index (χ1n) is 20.7. The van der Waals surface area contributed by atoms with Crippen LogP contribution in [0.25, 0.3) is 93.4 Å². The molecule has 8 aromatic carbocycles. The number of fused-ring (bicyclic) bond motifs is 8. The highest BCUT2D eigenvalue weighted by atomic mass is 16.3. The molecule has 2 aromatic heterocycles. The summed E-state index contributed by atoms with van der Waals surface area (Å²) in [7, 11) is 0. The minimum absolute atomic E-state index is 0.876. The van der Waals surface area contributed by atoms with Crippen molar-refractivity contribution in [3.63, 3.8) is 0 Å². The number of benzene rings is 8. The summed E-state index contributed by atoms with van der Waals surface area (Å²) < 4.78 is 9.01. The molecule has 0 saturated carbocycles. The van der Waals surface area contributed by atoms with E-state index in [0.29, 0.717) is 0 Å². The number of allylic oxidation sites excluding steroid dienone is 7. The zero-order chi connectivity index (χ0) is 38.9. The molecule has 0 saturated heterocycles. The number of para-hydroxylation sites is 2. The number of furan rings is 1. The predicted molar refractivity (Wildman–Crippen MR) is 249 cm³/mol. The summed E-state index contributed by atoms with van der Waals surface area (Å²) in [6.45, 7) is 0. The first-order chi connectivity index (χ1) is 29.3. The molecule has 0 unspecified atom stereocenters. The van der Waals surface area contributed by atoms with Crippen molar-refractivity contribution < 1.29 is 4.42 Å². The van der Waals surface area contributed by atoms with Crippen LogP contribution in [0.3, 0.4) is 0 Å². The zero-order valence-corrected chi connectivity index (χ0v) is 32.5. The van der Waals surface area contributed by atoms with Crippen LogP contribution in [-0.2, 0) is 6.42 Å². The van der Waals surface area contributed by atoms with Gasteiger partial charge in [-0.15, -0.1) is 0 Å². The topological polar surface area (TPSA) is 18.1 Å². The molecule has 2 nitrogen and oxygen atoms in total. The monoisotopic (exact) mass is 753 g/mol. The van der Waals surface area contributed by atoms with E-state index in [1.54, 1.807) is 0 Å². The second-order valence-corrected chi connectivity index (χ2v) is 15.8. The average molecular weight is 754 g/mol. The number of aromatic nitrogens is 1. The van der Waals surface area contributed by atoms with E-state index in [9.17, 15) is 0 Å². The lowest BCUT2D eigenvalue weighted by atomic mass is 9.84. The molecule has 12 rings (SSSR count). The highest BCUT2D eigenvalue weighted by Gasteiger charge is 2.24. The second-order valence-electron chi connectivity index (χ2n) is 15.8. The van der Waals surface area contributed by atoms with Gasteiger partial charge in [-0.25, -0.2) is 0 Å². The van der Waals surface area contributed by atoms with Crippen LogP contribution in [0.5, 0.6) is 0 Å². The summed E-state index contributed by atoms with van der Waals surface area (Å²) in [6, 6.07) is 60.2. The fourth-order valence-electron chi connectivity index (χ4n) is 9.89. The van der Waals surface area contributed by atoms with Crippen LogP contribution in [0.15, 0.2) is 205 Å². The molecule has 0 bridgehead atoms. The predicted octanol–water partition coefficient (Wildman–Crippen LogP) is 15.4. The zero-order valence-electron chi connectivity index (χ0n) is 32.5. The molecule has 278 valence electrons. The Bertz CT molecular complexity index is 3460. The molecule has 59 heavy (non-hydrogen) atoms. The van der Waals surface area contributed by atoms with Gasteiger partial charge in [0, 0.05) is 33.0 Å². The molecule has 2 heteroatoms. The van der Waals surface area contributed by atoms with Gasteiger partial charge in [-0.05, 0) is 116 Å². The molecule has 0 spiro atoms. The summed E-state index contributed by atoms with van der Waals surface area (Å²) in [5.41, 5.74) is 15.7. The summed E-state index contributed by atoms with van der Waals surface area (Å²) >= 11 is 0. The van der Waals surface area contributed by atoms with Crippen LogP contribution in [0.2, 0.25) is 0 Å². The number of hydrogen-bond acceptors (Lipinski definition) is 1. The van der Waals surface area contributed by atoms with Crippen molar-refractivity contribution in [2.75, 3.05) is 0 Å². The molecule has 0 N–H and O–H groups in total. The van der Waals surface area contributed by atoms with Crippen molar-refractivity contribution in [2.45, 2.75) is 19.3 Å². The Balaban J connectivity index is 1.05. The molecule has 2 heterocycles. The van der Waals surface area contributed by atoms with Crippen LogP contribution in [0, 0.1) is 0 Å². The van der Waals surface area contributed by atoms with E-state index in [-0.39, 0.29) is 0 Å². The first kappa shape index (κ1) is 33.7. The third-order valence-electron chi connectivity index (χ3n) is 12.5. The van der Waals surface area contributed by atoms with Crippen LogP contribution in [-0.4, -0.2) is 4.57 Å². The van der Waals surface area contributed by atoms with Crippen LogP contribution in [0.1, 0.15) is 35.3 Å². The highest BCUT2D eigenvalue weighted by molar-refractivity contribution is 6.19. The van der Waals surface area contributed by atoms with Gasteiger partial charge < -0.3 is 8.98 Å². The Morgan fingerprint density at radius 1 is 0.458 bits per heavy atom. The Hall–Kier alpha value is -7.42. The normalized spacial score (nSPS) is 14.0. The van der Waals surface area contributed by atoms with E-state index >= 15 is 0 Å². The Labute approximate surface area is 343 Å². The minimum atomic E-state index is 0.876. The van der Waals surface area contributed by atoms with E-state index in [1.807, 2.05) is 0 Å². The largest absolute Gasteiger partial charge is 0.456 e. The van der Waals surface area contributed by atoms with E-state index in [1.165, 1.54) is 98.8 Å². The van der Waals surface area contributed by atoms with Gasteiger partial charge in [0.05, 0.1) is 11.0 Å². The fourth-order valence-corrected chi connectivity index (χ4v) is 9.89. The number of nitrogens with zero attached hydrogens (tertiary/aromatic N) is 1. The molecule has 0 amide bonds. The van der Waals surface area contributed by atoms with E-state index < -0.39 is 0 Å². The quantitative estimate of drug-likeness (QED) is 0.160. The van der Waals surface area contributed by atoms with Crippen molar-refractivity contribution in [1.82, 2.24) is 4.57 Å². The minimum Gasteiger partial charge on any atom is -0.456 e. The Morgan fingerprint density at radius 2 is 1.15 bits per heavy atom. The van der Waals surface area contributed by atoms with Gasteiger partial charge in [-0.3, -0.25) is 0 Å². The van der Waals surface area contributed by atoms with Gasteiger partial charge in [0.2, 0.25) is 0 Å². The fraction of sp³-hybridized carbons (Fsp3) is 0.0526. The smallest absolute Gasteiger partial charge is 0.138 e. The van der Waals surface area contributed by atoms with Gasteiger partial charge in [0.25, 0.3) is 0 Å². The number of rotatable bonds is 5. The molecule has 2 aliphatic carbocycles. The SMILES string of the molecule is C1=CC=C(c2c3ccccc3c(-c3ccccc3)c3ccc(-c4cccc(-n5c6ccccc6c6ccc(C7=CCCc8c7oc7ccccc87)cc65)c4)cc23)CC=C1. The Kier molecular flexibility index (Phi) is 7.77. The summed E-state index contributed by atoms with van der Waals surface area (Å²) in [5, 5.41) is 8.81. The second kappa shape index (κ2) is 13.6. The molecule has 10 aromatic rings. The van der Waals surface area contributed by atoms with E-state index in [0.717, 1.165) is 36.3 Å². The van der Waals surface area contributed by atoms with Crippen molar-refractivity contribution in [3.8, 4) is 27.9 Å². The molecular weight excluding hydrogens is 715 g/mol. The van der Waals surface area contributed by atoms with Crippen molar-refractivity contribution >= 4 is 65.5 Å². The number of aryl methyl sites for hydroxylation is 1. The maximum atomic E-state index is 6.56. The molecule has 0 fully saturated rings. The van der Waals surface area contributed by atoms with Gasteiger partial charge in [-0.2, -0.15) is 0 Å². The molecule has 0 radical (unpaired) electrons. The van der Waals surface area contributed by atoms with Gasteiger partial charge in [0.1, 0.15) is 11.3 Å². The molecular formula is C57H39NO. The maximum absolute atomic E-state index is 6.56. The first-order valence-corrected chi connectivity index (χ1v) is 20.7.